The molecule has 0 spiro atoms. The molecule has 0 aliphatic carbocycles. The number of nitrogens with one attached hydrogen (secondary N) is 1. The predicted molar refractivity (Wildman–Crippen MR) is 130 cm³/mol. The van der Waals surface area contributed by atoms with Crippen LogP contribution in [0.5, 0.6) is 0 Å². The molecule has 0 aliphatic heterocycles. The van der Waals surface area contributed by atoms with E-state index in [9.17, 15) is 0 Å². The van der Waals surface area contributed by atoms with Gasteiger partial charge in [-0.25, -0.2) is 9.97 Å². The first kappa shape index (κ1) is 19.2. The van der Waals surface area contributed by atoms with Crippen molar-refractivity contribution in [2.24, 2.45) is 0 Å². The fraction of sp³-hybridized carbons (Fsp3) is 0.0833. The van der Waals surface area contributed by atoms with E-state index in [-0.39, 0.29) is 0 Å². The number of aryl methyl sites for hydroxylation is 1. The third-order valence-electron chi connectivity index (χ3n) is 4.89. The lowest BCUT2D eigenvalue weighted by molar-refractivity contribution is 1.15. The minimum atomic E-state index is 0.734. The molecule has 0 amide bonds. The van der Waals surface area contributed by atoms with E-state index in [4.69, 9.17) is 21.6 Å². The van der Waals surface area contributed by atoms with Gasteiger partial charge in [-0.05, 0) is 48.4 Å². The molecule has 0 fully saturated rings. The number of benzene rings is 3. The van der Waals surface area contributed by atoms with Crippen LogP contribution >= 0.6 is 34.3 Å². The van der Waals surface area contributed by atoms with Crippen LogP contribution in [0.2, 0.25) is 5.02 Å². The van der Waals surface area contributed by atoms with E-state index in [0.29, 0.717) is 0 Å². The first-order chi connectivity index (χ1) is 14.7. The first-order valence-electron chi connectivity index (χ1n) is 9.66. The molecule has 148 valence electrons. The maximum atomic E-state index is 5.98. The largest absolute Gasteiger partial charge is 0.332 e. The maximum absolute atomic E-state index is 5.98. The minimum absolute atomic E-state index is 0.734. The standard InChI is InChI=1S/C24H18ClN3S2/c1-2-15-3-12-20-22(13-15)30-24(28-20)26-19-10-6-16(7-11-19)21-14-29-23(27-21)17-4-8-18(25)9-5-17/h3-14H,2H2,1H3,(H,26,28). The Morgan fingerprint density at radius 1 is 0.900 bits per heavy atom. The second-order valence-electron chi connectivity index (χ2n) is 6.92. The van der Waals surface area contributed by atoms with Gasteiger partial charge in [0.05, 0.1) is 15.9 Å². The average molecular weight is 448 g/mol. The highest BCUT2D eigenvalue weighted by Crippen LogP contribution is 2.32. The van der Waals surface area contributed by atoms with Gasteiger partial charge in [-0.3, -0.25) is 0 Å². The highest BCUT2D eigenvalue weighted by molar-refractivity contribution is 7.22. The van der Waals surface area contributed by atoms with Gasteiger partial charge in [-0.15, -0.1) is 11.3 Å². The lowest BCUT2D eigenvalue weighted by Gasteiger charge is -2.03. The molecule has 5 aromatic rings. The number of aromatic nitrogens is 2. The molecule has 0 saturated carbocycles. The summed E-state index contributed by atoms with van der Waals surface area (Å²) in [5, 5.41) is 8.14. The van der Waals surface area contributed by atoms with E-state index >= 15 is 0 Å². The molecule has 0 unspecified atom stereocenters. The first-order valence-corrected chi connectivity index (χ1v) is 11.7. The molecule has 30 heavy (non-hydrogen) atoms. The molecule has 0 aliphatic rings. The van der Waals surface area contributed by atoms with Crippen molar-refractivity contribution < 1.29 is 0 Å². The highest BCUT2D eigenvalue weighted by atomic mass is 35.5. The molecule has 3 aromatic carbocycles. The summed E-state index contributed by atoms with van der Waals surface area (Å²) in [5.41, 5.74) is 6.53. The van der Waals surface area contributed by atoms with Crippen molar-refractivity contribution in [2.45, 2.75) is 13.3 Å². The Balaban J connectivity index is 1.34. The maximum Gasteiger partial charge on any atom is 0.188 e. The van der Waals surface area contributed by atoms with Gasteiger partial charge in [-0.1, -0.05) is 60.2 Å². The summed E-state index contributed by atoms with van der Waals surface area (Å²) in [6, 6.07) is 22.6. The van der Waals surface area contributed by atoms with Crippen LogP contribution in [0.15, 0.2) is 72.1 Å². The van der Waals surface area contributed by atoms with Crippen molar-refractivity contribution in [1.82, 2.24) is 9.97 Å². The van der Waals surface area contributed by atoms with Crippen molar-refractivity contribution in [3.63, 3.8) is 0 Å². The molecule has 6 heteroatoms. The van der Waals surface area contributed by atoms with E-state index in [2.05, 4.69) is 60.1 Å². The Hall–Kier alpha value is -2.73. The van der Waals surface area contributed by atoms with Crippen LogP contribution in [-0.2, 0) is 6.42 Å². The monoisotopic (exact) mass is 447 g/mol. The molecular weight excluding hydrogens is 430 g/mol. The third-order valence-corrected chi connectivity index (χ3v) is 6.97. The summed E-state index contributed by atoms with van der Waals surface area (Å²) < 4.78 is 1.21. The SMILES string of the molecule is CCc1ccc2nc(Nc3ccc(-c4csc(-c5ccc(Cl)cc5)n4)cc3)sc2c1. The zero-order valence-electron chi connectivity index (χ0n) is 16.2. The van der Waals surface area contributed by atoms with Gasteiger partial charge in [0.2, 0.25) is 0 Å². The number of nitrogens with zero attached hydrogens (tertiary/aromatic N) is 2. The van der Waals surface area contributed by atoms with Gasteiger partial charge in [0.15, 0.2) is 5.13 Å². The summed E-state index contributed by atoms with van der Waals surface area (Å²) in [6.07, 6.45) is 1.04. The Morgan fingerprint density at radius 2 is 1.67 bits per heavy atom. The van der Waals surface area contributed by atoms with Gasteiger partial charge in [0.1, 0.15) is 5.01 Å². The van der Waals surface area contributed by atoms with E-state index in [1.165, 1.54) is 10.3 Å². The van der Waals surface area contributed by atoms with Crippen molar-refractivity contribution in [2.75, 3.05) is 5.32 Å². The summed E-state index contributed by atoms with van der Waals surface area (Å²) in [7, 11) is 0. The van der Waals surface area contributed by atoms with Crippen molar-refractivity contribution in [3.05, 3.63) is 82.7 Å². The molecule has 0 saturated heterocycles. The Kier molecular flexibility index (Phi) is 5.25. The van der Waals surface area contributed by atoms with Crippen LogP contribution in [0, 0.1) is 0 Å². The molecule has 5 rings (SSSR count). The second-order valence-corrected chi connectivity index (χ2v) is 9.25. The van der Waals surface area contributed by atoms with E-state index in [1.807, 2.05) is 24.3 Å². The van der Waals surface area contributed by atoms with Gasteiger partial charge >= 0.3 is 0 Å². The summed E-state index contributed by atoms with van der Waals surface area (Å²) >= 11 is 9.30. The molecule has 1 N–H and O–H groups in total. The highest BCUT2D eigenvalue weighted by Gasteiger charge is 2.08. The number of rotatable bonds is 5. The average Bonchev–Trinajstić information content (AvgIpc) is 3.41. The van der Waals surface area contributed by atoms with Gasteiger partial charge in [0, 0.05) is 27.2 Å². The summed E-state index contributed by atoms with van der Waals surface area (Å²) in [4.78, 5) is 9.48. The molecule has 0 radical (unpaired) electrons. The van der Waals surface area contributed by atoms with Crippen molar-refractivity contribution in [1.29, 1.82) is 0 Å². The normalized spacial score (nSPS) is 11.1. The number of halogens is 1. The van der Waals surface area contributed by atoms with Gasteiger partial charge < -0.3 is 5.32 Å². The number of thiazole rings is 2. The topological polar surface area (TPSA) is 37.8 Å². The van der Waals surface area contributed by atoms with E-state index < -0.39 is 0 Å². The van der Waals surface area contributed by atoms with Gasteiger partial charge in [-0.2, -0.15) is 0 Å². The van der Waals surface area contributed by atoms with E-state index in [1.54, 1.807) is 22.7 Å². The molecule has 2 aromatic heterocycles. The Morgan fingerprint density at radius 3 is 2.43 bits per heavy atom. The Bertz CT molecular complexity index is 1300. The zero-order valence-corrected chi connectivity index (χ0v) is 18.6. The number of hydrogen-bond donors (Lipinski definition) is 1. The fourth-order valence-corrected chi connectivity index (χ4v) is 5.13. The lowest BCUT2D eigenvalue weighted by Crippen LogP contribution is -1.89. The summed E-state index contributed by atoms with van der Waals surface area (Å²) in [5.74, 6) is 0. The van der Waals surface area contributed by atoms with Crippen LogP contribution in [0.1, 0.15) is 12.5 Å². The van der Waals surface area contributed by atoms with Crippen molar-refractivity contribution >= 4 is 55.3 Å². The fourth-order valence-electron chi connectivity index (χ4n) is 3.22. The van der Waals surface area contributed by atoms with Crippen molar-refractivity contribution in [3.8, 4) is 21.8 Å². The number of anilines is 2. The van der Waals surface area contributed by atoms with Crippen LogP contribution in [-0.4, -0.2) is 9.97 Å². The predicted octanol–water partition coefficient (Wildman–Crippen LogP) is 8.05. The van der Waals surface area contributed by atoms with Crippen LogP contribution < -0.4 is 5.32 Å². The second kappa shape index (κ2) is 8.19. The lowest BCUT2D eigenvalue weighted by atomic mass is 10.1. The summed E-state index contributed by atoms with van der Waals surface area (Å²) in [6.45, 7) is 2.17. The van der Waals surface area contributed by atoms with Gasteiger partial charge in [0.25, 0.3) is 0 Å². The number of hydrogen-bond acceptors (Lipinski definition) is 5. The van der Waals surface area contributed by atoms with Crippen LogP contribution in [0.25, 0.3) is 32.0 Å². The molecule has 2 heterocycles. The molecule has 0 atom stereocenters. The Labute approximate surface area is 188 Å². The quantitative estimate of drug-likeness (QED) is 0.296. The minimum Gasteiger partial charge on any atom is -0.332 e. The third kappa shape index (κ3) is 3.97. The number of fused-ring (bicyclic) bond motifs is 1. The molecule has 3 nitrogen and oxygen atoms in total. The smallest absolute Gasteiger partial charge is 0.188 e. The van der Waals surface area contributed by atoms with Crippen LogP contribution in [0.3, 0.4) is 0 Å². The zero-order chi connectivity index (χ0) is 20.5. The molecular formula is C24H18ClN3S2. The van der Waals surface area contributed by atoms with Crippen LogP contribution in [0.4, 0.5) is 10.8 Å². The van der Waals surface area contributed by atoms with E-state index in [0.717, 1.165) is 49.6 Å². The molecule has 0 bridgehead atoms.